The fraction of sp³-hybridized carbons (Fsp3) is 0.250. The summed E-state index contributed by atoms with van der Waals surface area (Å²) >= 11 is 6.50. The number of aromatic nitrogens is 5. The number of benzene rings is 2. The van der Waals surface area contributed by atoms with Crippen molar-refractivity contribution in [1.82, 2.24) is 30.0 Å². The van der Waals surface area contributed by atoms with E-state index in [1.165, 1.54) is 22.8 Å². The molecule has 1 aliphatic rings. The lowest BCUT2D eigenvalue weighted by molar-refractivity contribution is -0.159. The molecule has 0 bridgehead atoms. The summed E-state index contributed by atoms with van der Waals surface area (Å²) in [7, 11) is 0. The maximum atomic E-state index is 13.5. The number of rotatable bonds is 6. The molecule has 0 aliphatic carbocycles. The molecule has 0 radical (unpaired) electrons. The van der Waals surface area contributed by atoms with E-state index in [1.54, 1.807) is 12.3 Å². The number of hydrogen-bond acceptors (Lipinski definition) is 9. The molecule has 10 nitrogen and oxygen atoms in total. The van der Waals surface area contributed by atoms with Crippen molar-refractivity contribution in [2.75, 3.05) is 36.4 Å². The molecule has 0 amide bonds. The molecule has 2 N–H and O–H groups in total. The minimum absolute atomic E-state index is 0.133. The fourth-order valence-electron chi connectivity index (χ4n) is 4.84. The summed E-state index contributed by atoms with van der Waals surface area (Å²) in [4.78, 5) is 28.3. The van der Waals surface area contributed by atoms with Gasteiger partial charge in [-0.25, -0.2) is 4.98 Å². The maximum absolute atomic E-state index is 13.5. The van der Waals surface area contributed by atoms with Crippen LogP contribution in [0.1, 0.15) is 12.8 Å². The van der Waals surface area contributed by atoms with Crippen LogP contribution in [-0.4, -0.2) is 50.9 Å². The van der Waals surface area contributed by atoms with E-state index in [0.717, 1.165) is 37.6 Å². The lowest BCUT2D eigenvalue weighted by Crippen LogP contribution is -2.43. The summed E-state index contributed by atoms with van der Waals surface area (Å²) < 4.78 is 44.4. The van der Waals surface area contributed by atoms with Gasteiger partial charge in [0.2, 0.25) is 11.8 Å². The van der Waals surface area contributed by atoms with Gasteiger partial charge in [0.05, 0.1) is 0 Å². The highest BCUT2D eigenvalue weighted by Gasteiger charge is 2.38. The highest BCUT2D eigenvalue weighted by atomic mass is 35.5. The van der Waals surface area contributed by atoms with Gasteiger partial charge in [-0.2, -0.15) is 23.1 Å². The van der Waals surface area contributed by atoms with Gasteiger partial charge in [-0.05, 0) is 43.3 Å². The van der Waals surface area contributed by atoms with Crippen LogP contribution in [0.5, 0.6) is 0 Å². The zero-order valence-electron chi connectivity index (χ0n) is 22.2. The molecule has 1 fully saturated rings. The maximum Gasteiger partial charge on any atom is 0.471 e. The van der Waals surface area contributed by atoms with E-state index in [2.05, 4.69) is 40.2 Å². The Kier molecular flexibility index (Phi) is 7.29. The molecular weight excluding hydrogens is 573 g/mol. The van der Waals surface area contributed by atoms with E-state index in [9.17, 15) is 18.0 Å². The summed E-state index contributed by atoms with van der Waals surface area (Å²) in [6.45, 7) is 5.97. The summed E-state index contributed by atoms with van der Waals surface area (Å²) in [6, 6.07) is 14.1. The van der Waals surface area contributed by atoms with Crippen molar-refractivity contribution >= 4 is 40.0 Å². The average molecular weight is 597 g/mol. The normalized spacial score (nSPS) is 14.0. The Hall–Kier alpha value is -4.49. The zero-order chi connectivity index (χ0) is 29.4. The number of piperazine rings is 1. The third kappa shape index (κ3) is 5.40. The lowest BCUT2D eigenvalue weighted by atomic mass is 10.0. The van der Waals surface area contributed by atoms with Crippen LogP contribution in [0.3, 0.4) is 0 Å². The minimum atomic E-state index is -4.77. The predicted octanol–water partition coefficient (Wildman–Crippen LogP) is 5.35. The van der Waals surface area contributed by atoms with E-state index in [-0.39, 0.29) is 27.5 Å². The molecule has 2 aromatic carbocycles. The number of fused-ring (bicyclic) bond motifs is 1. The molecule has 4 heterocycles. The predicted molar refractivity (Wildman–Crippen MR) is 153 cm³/mol. The van der Waals surface area contributed by atoms with Crippen LogP contribution in [0.25, 0.3) is 33.5 Å². The average Bonchev–Trinajstić information content (AvgIpc) is 3.50. The molecule has 216 valence electrons. The number of nitrogens with one attached hydrogen (secondary N) is 2. The van der Waals surface area contributed by atoms with E-state index >= 15 is 0 Å². The number of halogens is 4. The Bertz CT molecular complexity index is 1820. The monoisotopic (exact) mass is 596 g/mol. The van der Waals surface area contributed by atoms with E-state index in [4.69, 9.17) is 11.6 Å². The molecule has 42 heavy (non-hydrogen) atoms. The van der Waals surface area contributed by atoms with E-state index in [1.807, 2.05) is 31.2 Å². The smallest absolute Gasteiger partial charge is 0.369 e. The van der Waals surface area contributed by atoms with Gasteiger partial charge in [0, 0.05) is 77.4 Å². The van der Waals surface area contributed by atoms with Gasteiger partial charge in [-0.1, -0.05) is 28.9 Å². The minimum Gasteiger partial charge on any atom is -0.369 e. The number of nitrogens with zero attached hydrogens (tertiary/aromatic N) is 6. The molecule has 5 aromatic rings. The number of hydrogen-bond donors (Lipinski definition) is 2. The molecular formula is C28H24ClF3N8O2. The van der Waals surface area contributed by atoms with Gasteiger partial charge in [0.1, 0.15) is 5.65 Å². The summed E-state index contributed by atoms with van der Waals surface area (Å²) in [5.74, 6) is -1.39. The van der Waals surface area contributed by atoms with Crippen LogP contribution in [0.4, 0.5) is 30.5 Å². The van der Waals surface area contributed by atoms with E-state index in [0.29, 0.717) is 29.1 Å². The molecule has 3 aromatic heterocycles. The summed E-state index contributed by atoms with van der Waals surface area (Å²) in [5, 5.41) is 10.7. The molecule has 0 unspecified atom stereocenters. The van der Waals surface area contributed by atoms with E-state index < -0.39 is 12.1 Å². The van der Waals surface area contributed by atoms with Crippen molar-refractivity contribution in [2.45, 2.75) is 19.6 Å². The van der Waals surface area contributed by atoms with Crippen molar-refractivity contribution in [3.05, 3.63) is 76.0 Å². The highest BCUT2D eigenvalue weighted by Crippen LogP contribution is 2.33. The van der Waals surface area contributed by atoms with Crippen molar-refractivity contribution in [3.8, 4) is 22.5 Å². The van der Waals surface area contributed by atoms with Crippen LogP contribution >= 0.6 is 11.6 Å². The van der Waals surface area contributed by atoms with Gasteiger partial charge in [0.25, 0.3) is 5.56 Å². The van der Waals surface area contributed by atoms with Gasteiger partial charge in [-0.15, -0.1) is 0 Å². The highest BCUT2D eigenvalue weighted by molar-refractivity contribution is 6.33. The lowest BCUT2D eigenvalue weighted by Gasteiger charge is -2.29. The van der Waals surface area contributed by atoms with Crippen LogP contribution in [-0.2, 0) is 12.7 Å². The second kappa shape index (κ2) is 11.1. The first-order valence-electron chi connectivity index (χ1n) is 13.2. The van der Waals surface area contributed by atoms with Gasteiger partial charge in [-0.3, -0.25) is 9.36 Å². The number of anilines is 3. The fourth-order valence-corrected chi connectivity index (χ4v) is 5.12. The SMILES string of the molecule is CCn1c(=O)c(-c2ccc(-c3noc(C(F)(F)F)n3)cc2Cl)cc2cnc(Nc3ccc(N4CCNCC4)cc3)nc21. The van der Waals surface area contributed by atoms with Crippen molar-refractivity contribution in [3.63, 3.8) is 0 Å². The summed E-state index contributed by atoms with van der Waals surface area (Å²) in [5.41, 5.74) is 2.96. The zero-order valence-corrected chi connectivity index (χ0v) is 23.0. The third-order valence-electron chi connectivity index (χ3n) is 6.93. The first kappa shape index (κ1) is 27.7. The molecule has 0 spiro atoms. The Labute approximate surface area is 242 Å². The Morgan fingerprint density at radius 3 is 2.48 bits per heavy atom. The molecule has 6 rings (SSSR count). The molecule has 14 heteroatoms. The topological polar surface area (TPSA) is 114 Å². The van der Waals surface area contributed by atoms with Crippen LogP contribution in [0, 0.1) is 0 Å². The first-order chi connectivity index (χ1) is 20.2. The molecule has 0 atom stereocenters. The Morgan fingerprint density at radius 2 is 1.81 bits per heavy atom. The van der Waals surface area contributed by atoms with Crippen LogP contribution in [0.2, 0.25) is 5.02 Å². The largest absolute Gasteiger partial charge is 0.471 e. The van der Waals surface area contributed by atoms with Crippen LogP contribution in [0.15, 0.2) is 64.0 Å². The van der Waals surface area contributed by atoms with Gasteiger partial charge in [0.15, 0.2) is 0 Å². The number of alkyl halides is 3. The molecule has 1 saturated heterocycles. The third-order valence-corrected chi connectivity index (χ3v) is 7.25. The second-order valence-corrected chi connectivity index (χ2v) is 10.0. The molecule has 0 saturated carbocycles. The number of aryl methyl sites for hydroxylation is 1. The summed E-state index contributed by atoms with van der Waals surface area (Å²) in [6.07, 6.45) is -3.15. The van der Waals surface area contributed by atoms with Gasteiger partial charge >= 0.3 is 12.1 Å². The Morgan fingerprint density at radius 1 is 1.05 bits per heavy atom. The number of pyridine rings is 1. The van der Waals surface area contributed by atoms with Crippen molar-refractivity contribution < 1.29 is 17.7 Å². The quantitative estimate of drug-likeness (QED) is 0.268. The second-order valence-electron chi connectivity index (χ2n) is 9.60. The first-order valence-corrected chi connectivity index (χ1v) is 13.5. The van der Waals surface area contributed by atoms with Crippen molar-refractivity contribution in [1.29, 1.82) is 0 Å². The van der Waals surface area contributed by atoms with Gasteiger partial charge < -0.3 is 20.1 Å². The standard InChI is InChI=1S/C28H24ClF3N8O2/c1-2-40-24-17(15-34-27(37-24)35-18-4-6-19(7-5-18)39-11-9-33-10-12-39)13-21(25(40)41)20-8-3-16(14-22(20)29)23-36-26(42-38-23)28(30,31)32/h3-8,13-15,33H,2,9-12H2,1H3,(H,34,35,37). The Balaban J connectivity index is 1.29. The van der Waals surface area contributed by atoms with Crippen LogP contribution < -0.4 is 21.1 Å². The van der Waals surface area contributed by atoms with Crippen molar-refractivity contribution in [2.24, 2.45) is 0 Å². The molecule has 1 aliphatic heterocycles.